The lowest BCUT2D eigenvalue weighted by Crippen LogP contribution is -2.48. The van der Waals surface area contributed by atoms with Crippen LogP contribution in [-0.2, 0) is 13.0 Å². The SMILES string of the molecule is O=C(NC[C@@H](c1ccc(Cl)cc1Cl)N1CCc2sccc2C1)N1CCC[C@H](CO)C1. The summed E-state index contributed by atoms with van der Waals surface area (Å²) in [6.07, 6.45) is 2.91. The van der Waals surface area contributed by atoms with Gasteiger partial charge in [-0.2, -0.15) is 0 Å². The maximum Gasteiger partial charge on any atom is 0.317 e. The van der Waals surface area contributed by atoms with E-state index >= 15 is 0 Å². The van der Waals surface area contributed by atoms with Gasteiger partial charge >= 0.3 is 6.03 Å². The summed E-state index contributed by atoms with van der Waals surface area (Å²) in [6, 6.07) is 7.67. The van der Waals surface area contributed by atoms with Gasteiger partial charge in [0.05, 0.1) is 6.04 Å². The first kappa shape index (κ1) is 21.9. The van der Waals surface area contributed by atoms with Crippen LogP contribution in [0.5, 0.6) is 0 Å². The number of benzene rings is 1. The Morgan fingerprint density at radius 2 is 2.17 bits per heavy atom. The smallest absolute Gasteiger partial charge is 0.317 e. The molecule has 2 atom stereocenters. The molecular weight excluding hydrogens is 441 g/mol. The Morgan fingerprint density at radius 1 is 1.30 bits per heavy atom. The van der Waals surface area contributed by atoms with E-state index in [1.54, 1.807) is 6.07 Å². The molecule has 2 aliphatic heterocycles. The number of urea groups is 1. The van der Waals surface area contributed by atoms with E-state index < -0.39 is 0 Å². The molecule has 0 spiro atoms. The Morgan fingerprint density at radius 3 is 2.97 bits per heavy atom. The average molecular weight is 468 g/mol. The summed E-state index contributed by atoms with van der Waals surface area (Å²) in [7, 11) is 0. The van der Waals surface area contributed by atoms with E-state index in [0.29, 0.717) is 23.1 Å². The zero-order chi connectivity index (χ0) is 21.1. The Kier molecular flexibility index (Phi) is 7.21. The van der Waals surface area contributed by atoms with E-state index in [-0.39, 0.29) is 24.6 Å². The maximum absolute atomic E-state index is 12.8. The van der Waals surface area contributed by atoms with E-state index in [1.165, 1.54) is 10.4 Å². The van der Waals surface area contributed by atoms with Gasteiger partial charge in [-0.1, -0.05) is 29.3 Å². The molecule has 2 N–H and O–H groups in total. The van der Waals surface area contributed by atoms with Gasteiger partial charge in [-0.15, -0.1) is 11.3 Å². The van der Waals surface area contributed by atoms with Crippen LogP contribution in [0.1, 0.15) is 34.9 Å². The molecule has 0 bridgehead atoms. The molecule has 2 aromatic rings. The van der Waals surface area contributed by atoms with E-state index in [0.717, 1.165) is 44.5 Å². The summed E-state index contributed by atoms with van der Waals surface area (Å²) < 4.78 is 0. The zero-order valence-electron chi connectivity index (χ0n) is 16.8. The summed E-state index contributed by atoms with van der Waals surface area (Å²) in [6.45, 7) is 3.70. The fourth-order valence-corrected chi connectivity index (χ4v) is 5.86. The summed E-state index contributed by atoms with van der Waals surface area (Å²) in [4.78, 5) is 18.5. The molecule has 5 nitrogen and oxygen atoms in total. The minimum Gasteiger partial charge on any atom is -0.396 e. The van der Waals surface area contributed by atoms with Crippen LogP contribution >= 0.6 is 34.5 Å². The van der Waals surface area contributed by atoms with E-state index in [9.17, 15) is 9.90 Å². The quantitative estimate of drug-likeness (QED) is 0.676. The average Bonchev–Trinajstić information content (AvgIpc) is 3.23. The van der Waals surface area contributed by atoms with Gasteiger partial charge in [0, 0.05) is 54.3 Å². The summed E-state index contributed by atoms with van der Waals surface area (Å²) in [5.41, 5.74) is 2.33. The fraction of sp³-hybridized carbons (Fsp3) is 0.500. The predicted octanol–water partition coefficient (Wildman–Crippen LogP) is 4.57. The summed E-state index contributed by atoms with van der Waals surface area (Å²) >= 11 is 14.5. The molecule has 30 heavy (non-hydrogen) atoms. The summed E-state index contributed by atoms with van der Waals surface area (Å²) in [5.74, 6) is 0.171. The highest BCUT2D eigenvalue weighted by Gasteiger charge is 2.29. The highest BCUT2D eigenvalue weighted by molar-refractivity contribution is 7.10. The molecule has 0 unspecified atom stereocenters. The number of fused-ring (bicyclic) bond motifs is 1. The molecule has 1 aromatic heterocycles. The number of nitrogens with zero attached hydrogens (tertiary/aromatic N) is 2. The number of halogens is 2. The van der Waals surface area contributed by atoms with Crippen molar-refractivity contribution in [1.29, 1.82) is 0 Å². The van der Waals surface area contributed by atoms with E-state index in [4.69, 9.17) is 23.2 Å². The Labute approximate surface area is 191 Å². The molecule has 4 rings (SSSR count). The van der Waals surface area contributed by atoms with Gasteiger partial charge in [0.15, 0.2) is 0 Å². The largest absolute Gasteiger partial charge is 0.396 e. The van der Waals surface area contributed by atoms with Gasteiger partial charge in [0.1, 0.15) is 0 Å². The third-order valence-electron chi connectivity index (χ3n) is 6.11. The van der Waals surface area contributed by atoms with Crippen LogP contribution in [0.3, 0.4) is 0 Å². The van der Waals surface area contributed by atoms with Gasteiger partial charge in [-0.05, 0) is 59.9 Å². The number of thiophene rings is 1. The van der Waals surface area contributed by atoms with Crippen LogP contribution in [0.4, 0.5) is 4.79 Å². The number of carbonyl (C=O) groups excluding carboxylic acids is 1. The van der Waals surface area contributed by atoms with Crippen LogP contribution in [0.2, 0.25) is 10.0 Å². The molecule has 3 heterocycles. The number of nitrogens with one attached hydrogen (secondary N) is 1. The molecule has 1 saturated heterocycles. The van der Waals surface area contributed by atoms with Crippen molar-refractivity contribution in [1.82, 2.24) is 15.1 Å². The number of hydrogen-bond acceptors (Lipinski definition) is 4. The van der Waals surface area contributed by atoms with E-state index in [1.807, 2.05) is 28.4 Å². The van der Waals surface area contributed by atoms with Crippen molar-refractivity contribution in [3.8, 4) is 0 Å². The molecular formula is C22H27Cl2N3O2S. The van der Waals surface area contributed by atoms with Crippen molar-refractivity contribution in [3.05, 3.63) is 55.7 Å². The fourth-order valence-electron chi connectivity index (χ4n) is 4.44. The van der Waals surface area contributed by atoms with Gasteiger partial charge in [0.2, 0.25) is 0 Å². The number of piperidine rings is 1. The first-order valence-corrected chi connectivity index (χ1v) is 12.1. The van der Waals surface area contributed by atoms with Crippen LogP contribution in [0.25, 0.3) is 0 Å². The van der Waals surface area contributed by atoms with Gasteiger partial charge < -0.3 is 15.3 Å². The Balaban J connectivity index is 1.50. The standard InChI is InChI=1S/C22H27Cl2N3O2S/c23-17-3-4-18(19(24)10-17)20(26-8-5-21-16(13-26)6-9-30-21)11-25-22(29)27-7-1-2-15(12-27)14-28/h3-4,6,9-10,15,20,28H,1-2,5,7-8,11-14H2,(H,25,29)/t15-,20-/m0/s1. The number of aliphatic hydroxyl groups excluding tert-OH is 1. The van der Waals surface area contributed by atoms with Crippen LogP contribution < -0.4 is 5.32 Å². The third kappa shape index (κ3) is 4.94. The first-order valence-electron chi connectivity index (χ1n) is 10.4. The second kappa shape index (κ2) is 9.88. The number of carbonyl (C=O) groups is 1. The number of aliphatic hydroxyl groups is 1. The monoisotopic (exact) mass is 467 g/mol. The normalized spacial score (nSPS) is 20.6. The topological polar surface area (TPSA) is 55.8 Å². The molecule has 8 heteroatoms. The molecule has 0 saturated carbocycles. The second-order valence-electron chi connectivity index (χ2n) is 8.09. The van der Waals surface area contributed by atoms with E-state index in [2.05, 4.69) is 21.7 Å². The van der Waals surface area contributed by atoms with Crippen molar-refractivity contribution in [2.24, 2.45) is 5.92 Å². The molecule has 2 amide bonds. The molecule has 162 valence electrons. The number of amides is 2. The van der Waals surface area contributed by atoms with Crippen LogP contribution in [-0.4, -0.2) is 53.7 Å². The lowest BCUT2D eigenvalue weighted by atomic mass is 9.99. The third-order valence-corrected chi connectivity index (χ3v) is 7.70. The first-order chi connectivity index (χ1) is 14.5. The zero-order valence-corrected chi connectivity index (χ0v) is 19.1. The van der Waals surface area contributed by atoms with Crippen LogP contribution in [0, 0.1) is 5.92 Å². The predicted molar refractivity (Wildman–Crippen MR) is 122 cm³/mol. The molecule has 1 aromatic carbocycles. The van der Waals surface area contributed by atoms with Crippen molar-refractivity contribution in [2.75, 3.05) is 32.8 Å². The highest BCUT2D eigenvalue weighted by atomic mass is 35.5. The van der Waals surface area contributed by atoms with Crippen LogP contribution in [0.15, 0.2) is 29.6 Å². The number of rotatable bonds is 5. The molecule has 2 aliphatic rings. The molecule has 1 fully saturated rings. The van der Waals surface area contributed by atoms with Crippen molar-refractivity contribution >= 4 is 40.6 Å². The van der Waals surface area contributed by atoms with Crippen molar-refractivity contribution < 1.29 is 9.90 Å². The lowest BCUT2D eigenvalue weighted by Gasteiger charge is -2.37. The van der Waals surface area contributed by atoms with Crippen molar-refractivity contribution in [2.45, 2.75) is 31.8 Å². The highest BCUT2D eigenvalue weighted by Crippen LogP contribution is 2.34. The Hall–Kier alpha value is -1.31. The number of likely N-dealkylation sites (tertiary alicyclic amines) is 1. The summed E-state index contributed by atoms with van der Waals surface area (Å²) in [5, 5.41) is 16.0. The lowest BCUT2D eigenvalue weighted by molar-refractivity contribution is 0.125. The maximum atomic E-state index is 12.8. The Bertz CT molecular complexity index is 891. The van der Waals surface area contributed by atoms with Gasteiger partial charge in [-0.25, -0.2) is 4.79 Å². The van der Waals surface area contributed by atoms with Gasteiger partial charge in [-0.3, -0.25) is 4.90 Å². The minimum atomic E-state index is -0.0727. The van der Waals surface area contributed by atoms with Gasteiger partial charge in [0.25, 0.3) is 0 Å². The van der Waals surface area contributed by atoms with Crippen molar-refractivity contribution in [3.63, 3.8) is 0 Å². The minimum absolute atomic E-state index is 0.0369. The second-order valence-corrected chi connectivity index (χ2v) is 9.94. The molecule has 0 radical (unpaired) electrons. The number of hydrogen-bond donors (Lipinski definition) is 2. The molecule has 0 aliphatic carbocycles.